The standard InChI is InChI=1S/C14H13N3O3/c1-16(12-5-3-2-4-6-12)14(18)15-11-7-9-13(10-8-11)17(19)20/h2-10H,1H3,(H,15,18). The molecule has 0 saturated carbocycles. The van der Waals surface area contributed by atoms with E-state index >= 15 is 0 Å². The molecule has 0 saturated heterocycles. The lowest BCUT2D eigenvalue weighted by molar-refractivity contribution is -0.384. The van der Waals surface area contributed by atoms with Crippen molar-refractivity contribution in [2.24, 2.45) is 0 Å². The van der Waals surface area contributed by atoms with Gasteiger partial charge in [-0.05, 0) is 24.3 Å². The average molecular weight is 271 g/mol. The van der Waals surface area contributed by atoms with Crippen molar-refractivity contribution in [1.82, 2.24) is 0 Å². The van der Waals surface area contributed by atoms with Crippen molar-refractivity contribution in [2.75, 3.05) is 17.3 Å². The lowest BCUT2D eigenvalue weighted by Gasteiger charge is -2.17. The van der Waals surface area contributed by atoms with Gasteiger partial charge in [0, 0.05) is 30.6 Å². The van der Waals surface area contributed by atoms with Gasteiger partial charge in [0.25, 0.3) is 5.69 Å². The number of hydrogen-bond acceptors (Lipinski definition) is 3. The molecule has 6 nitrogen and oxygen atoms in total. The van der Waals surface area contributed by atoms with Crippen LogP contribution in [0.5, 0.6) is 0 Å². The van der Waals surface area contributed by atoms with E-state index in [-0.39, 0.29) is 11.7 Å². The molecule has 20 heavy (non-hydrogen) atoms. The zero-order valence-electron chi connectivity index (χ0n) is 10.8. The Balaban J connectivity index is 2.06. The van der Waals surface area contributed by atoms with Crippen molar-refractivity contribution in [3.05, 3.63) is 64.7 Å². The highest BCUT2D eigenvalue weighted by Gasteiger charge is 2.11. The molecule has 0 aliphatic carbocycles. The van der Waals surface area contributed by atoms with E-state index in [2.05, 4.69) is 5.32 Å². The molecule has 0 unspecified atom stereocenters. The number of amides is 2. The highest BCUT2D eigenvalue weighted by Crippen LogP contribution is 2.17. The molecule has 2 aromatic carbocycles. The molecule has 0 atom stereocenters. The number of nitro groups is 1. The molecule has 2 aromatic rings. The minimum Gasteiger partial charge on any atom is -0.308 e. The van der Waals surface area contributed by atoms with E-state index in [1.807, 2.05) is 30.3 Å². The molecule has 0 heterocycles. The van der Waals surface area contributed by atoms with Crippen LogP contribution in [-0.2, 0) is 0 Å². The van der Waals surface area contributed by atoms with E-state index < -0.39 is 4.92 Å². The number of nitrogens with one attached hydrogen (secondary N) is 1. The number of para-hydroxylation sites is 1. The molecule has 0 spiro atoms. The van der Waals surface area contributed by atoms with Crippen LogP contribution >= 0.6 is 0 Å². The van der Waals surface area contributed by atoms with Crippen LogP contribution in [0.4, 0.5) is 21.9 Å². The first-order valence-corrected chi connectivity index (χ1v) is 5.92. The number of anilines is 2. The number of urea groups is 1. The molecule has 0 bridgehead atoms. The summed E-state index contributed by atoms with van der Waals surface area (Å²) in [5, 5.41) is 13.2. The fourth-order valence-corrected chi connectivity index (χ4v) is 1.64. The molecule has 1 N–H and O–H groups in total. The van der Waals surface area contributed by atoms with Gasteiger partial charge in [-0.2, -0.15) is 0 Å². The molecule has 2 amide bonds. The molecule has 6 heteroatoms. The van der Waals surface area contributed by atoms with Gasteiger partial charge >= 0.3 is 6.03 Å². The Morgan fingerprint density at radius 1 is 1.10 bits per heavy atom. The number of carbonyl (C=O) groups excluding carboxylic acids is 1. The van der Waals surface area contributed by atoms with E-state index in [1.54, 1.807) is 7.05 Å². The van der Waals surface area contributed by atoms with Gasteiger partial charge in [-0.25, -0.2) is 4.79 Å². The maximum absolute atomic E-state index is 12.0. The highest BCUT2D eigenvalue weighted by molar-refractivity contribution is 6.01. The van der Waals surface area contributed by atoms with Crippen molar-refractivity contribution >= 4 is 23.1 Å². The summed E-state index contributed by atoms with van der Waals surface area (Å²) in [6.45, 7) is 0. The average Bonchev–Trinajstić information content (AvgIpc) is 2.48. The van der Waals surface area contributed by atoms with Crippen LogP contribution in [-0.4, -0.2) is 18.0 Å². The maximum atomic E-state index is 12.0. The van der Waals surface area contributed by atoms with Gasteiger partial charge in [-0.15, -0.1) is 0 Å². The van der Waals surface area contributed by atoms with Gasteiger partial charge in [-0.3, -0.25) is 15.0 Å². The third-order valence-corrected chi connectivity index (χ3v) is 2.78. The summed E-state index contributed by atoms with van der Waals surface area (Å²) in [6.07, 6.45) is 0. The monoisotopic (exact) mass is 271 g/mol. The van der Waals surface area contributed by atoms with Gasteiger partial charge in [0.15, 0.2) is 0 Å². The van der Waals surface area contributed by atoms with Crippen LogP contribution in [0.15, 0.2) is 54.6 Å². The second-order valence-electron chi connectivity index (χ2n) is 4.13. The van der Waals surface area contributed by atoms with E-state index in [0.29, 0.717) is 5.69 Å². The lowest BCUT2D eigenvalue weighted by atomic mass is 10.3. The molecule has 2 rings (SSSR count). The number of hydrogen-bond donors (Lipinski definition) is 1. The first-order chi connectivity index (χ1) is 9.58. The number of nitrogens with zero attached hydrogens (tertiary/aromatic N) is 2. The summed E-state index contributed by atoms with van der Waals surface area (Å²) >= 11 is 0. The molecule has 0 radical (unpaired) electrons. The summed E-state index contributed by atoms with van der Waals surface area (Å²) < 4.78 is 0. The van der Waals surface area contributed by atoms with Gasteiger partial charge < -0.3 is 5.32 Å². The van der Waals surface area contributed by atoms with E-state index in [9.17, 15) is 14.9 Å². The topological polar surface area (TPSA) is 75.5 Å². The van der Waals surface area contributed by atoms with Crippen LogP contribution in [0.25, 0.3) is 0 Å². The molecule has 0 aliphatic rings. The number of benzene rings is 2. The molecular weight excluding hydrogens is 258 g/mol. The third-order valence-electron chi connectivity index (χ3n) is 2.78. The molecule has 0 aromatic heterocycles. The highest BCUT2D eigenvalue weighted by atomic mass is 16.6. The number of nitro benzene ring substituents is 1. The minimum absolute atomic E-state index is 0.0144. The van der Waals surface area contributed by atoms with E-state index in [0.717, 1.165) is 5.69 Å². The van der Waals surface area contributed by atoms with Crippen molar-refractivity contribution in [3.8, 4) is 0 Å². The van der Waals surface area contributed by atoms with Gasteiger partial charge in [0.05, 0.1) is 4.92 Å². The minimum atomic E-state index is -0.484. The molecule has 102 valence electrons. The fraction of sp³-hybridized carbons (Fsp3) is 0.0714. The number of carbonyl (C=O) groups is 1. The molecule has 0 aliphatic heterocycles. The van der Waals surface area contributed by atoms with Gasteiger partial charge in [-0.1, -0.05) is 18.2 Å². The summed E-state index contributed by atoms with van der Waals surface area (Å²) in [4.78, 5) is 23.5. The Kier molecular flexibility index (Phi) is 3.95. The first-order valence-electron chi connectivity index (χ1n) is 5.92. The second kappa shape index (κ2) is 5.83. The van der Waals surface area contributed by atoms with E-state index in [4.69, 9.17) is 0 Å². The smallest absolute Gasteiger partial charge is 0.308 e. The van der Waals surface area contributed by atoms with Gasteiger partial charge in [0.2, 0.25) is 0 Å². The number of rotatable bonds is 3. The zero-order valence-corrected chi connectivity index (χ0v) is 10.8. The normalized spacial score (nSPS) is 9.85. The Morgan fingerprint density at radius 3 is 2.25 bits per heavy atom. The third kappa shape index (κ3) is 3.11. The number of non-ortho nitro benzene ring substituents is 1. The van der Waals surface area contributed by atoms with Crippen molar-refractivity contribution in [3.63, 3.8) is 0 Å². The zero-order chi connectivity index (χ0) is 14.5. The Labute approximate surface area is 115 Å². The van der Waals surface area contributed by atoms with Crippen LogP contribution in [0.2, 0.25) is 0 Å². The Bertz CT molecular complexity index is 611. The Morgan fingerprint density at radius 2 is 1.70 bits per heavy atom. The first kappa shape index (κ1) is 13.5. The van der Waals surface area contributed by atoms with Crippen LogP contribution < -0.4 is 10.2 Å². The summed E-state index contributed by atoms with van der Waals surface area (Å²) in [7, 11) is 1.65. The quantitative estimate of drug-likeness (QED) is 0.687. The summed E-state index contributed by atoms with van der Waals surface area (Å²) in [5.74, 6) is 0. The van der Waals surface area contributed by atoms with Gasteiger partial charge in [0.1, 0.15) is 0 Å². The Hall–Kier alpha value is -2.89. The second-order valence-corrected chi connectivity index (χ2v) is 4.13. The van der Waals surface area contributed by atoms with Crippen molar-refractivity contribution in [1.29, 1.82) is 0 Å². The molecular formula is C14H13N3O3. The maximum Gasteiger partial charge on any atom is 0.326 e. The lowest BCUT2D eigenvalue weighted by Crippen LogP contribution is -2.31. The van der Waals surface area contributed by atoms with Crippen molar-refractivity contribution < 1.29 is 9.72 Å². The van der Waals surface area contributed by atoms with Crippen LogP contribution in [0, 0.1) is 10.1 Å². The van der Waals surface area contributed by atoms with E-state index in [1.165, 1.54) is 29.2 Å². The summed E-state index contributed by atoms with van der Waals surface area (Å²) in [5.41, 5.74) is 1.25. The van der Waals surface area contributed by atoms with Crippen LogP contribution in [0.1, 0.15) is 0 Å². The van der Waals surface area contributed by atoms with Crippen molar-refractivity contribution in [2.45, 2.75) is 0 Å². The largest absolute Gasteiger partial charge is 0.326 e. The predicted octanol–water partition coefficient (Wildman–Crippen LogP) is 3.26. The fourth-order valence-electron chi connectivity index (χ4n) is 1.64. The van der Waals surface area contributed by atoms with Crippen LogP contribution in [0.3, 0.4) is 0 Å². The SMILES string of the molecule is CN(C(=O)Nc1ccc([N+](=O)[O-])cc1)c1ccccc1. The predicted molar refractivity (Wildman–Crippen MR) is 77.0 cm³/mol. The summed E-state index contributed by atoms with van der Waals surface area (Å²) in [6, 6.07) is 14.5. The molecule has 0 fully saturated rings.